The van der Waals surface area contributed by atoms with Crippen LogP contribution in [-0.4, -0.2) is 16.1 Å². The lowest BCUT2D eigenvalue weighted by atomic mass is 10.0. The van der Waals surface area contributed by atoms with E-state index in [4.69, 9.17) is 0 Å². The van der Waals surface area contributed by atoms with E-state index in [2.05, 4.69) is 0 Å². The Kier molecular flexibility index (Phi) is 3.74. The van der Waals surface area contributed by atoms with Gasteiger partial charge in [-0.2, -0.15) is 0 Å². The monoisotopic (exact) mass is 235 g/mol. The minimum atomic E-state index is -0.341. The second-order valence-electron chi connectivity index (χ2n) is 4.68. The average Bonchev–Trinajstić information content (AvgIpc) is 3.13. The van der Waals surface area contributed by atoms with Crippen LogP contribution in [0.25, 0.3) is 0 Å². The molecule has 1 unspecified atom stereocenters. The maximum absolute atomic E-state index is 10.8. The Bertz CT molecular complexity index is 401. The van der Waals surface area contributed by atoms with Crippen LogP contribution in [0.4, 0.5) is 5.69 Å². The Hall–Kier alpha value is -1.42. The van der Waals surface area contributed by atoms with Crippen LogP contribution in [0.5, 0.6) is 0 Å². The lowest BCUT2D eigenvalue weighted by Crippen LogP contribution is -2.09. The number of para-hydroxylation sites is 1. The number of nitro benzene ring substituents is 1. The highest BCUT2D eigenvalue weighted by Gasteiger charge is 2.29. The average molecular weight is 235 g/mol. The summed E-state index contributed by atoms with van der Waals surface area (Å²) in [6, 6.07) is 6.83. The van der Waals surface area contributed by atoms with E-state index >= 15 is 0 Å². The van der Waals surface area contributed by atoms with Gasteiger partial charge in [0.25, 0.3) is 5.69 Å². The van der Waals surface area contributed by atoms with Crippen molar-refractivity contribution in [3.05, 3.63) is 39.9 Å². The molecule has 2 rings (SSSR count). The fraction of sp³-hybridized carbons (Fsp3) is 0.538. The number of aliphatic hydroxyl groups excluding tert-OH is 1. The van der Waals surface area contributed by atoms with E-state index in [0.717, 1.165) is 31.2 Å². The van der Waals surface area contributed by atoms with Gasteiger partial charge in [-0.1, -0.05) is 18.2 Å². The van der Waals surface area contributed by atoms with Crippen LogP contribution < -0.4 is 0 Å². The molecule has 4 nitrogen and oxygen atoms in total. The van der Waals surface area contributed by atoms with Gasteiger partial charge in [-0.15, -0.1) is 0 Å². The van der Waals surface area contributed by atoms with Gasteiger partial charge in [-0.3, -0.25) is 10.1 Å². The highest BCUT2D eigenvalue weighted by Crippen LogP contribution is 2.34. The second kappa shape index (κ2) is 5.27. The van der Waals surface area contributed by atoms with Crippen molar-refractivity contribution in [2.45, 2.75) is 38.2 Å². The lowest BCUT2D eigenvalue weighted by molar-refractivity contribution is -0.385. The van der Waals surface area contributed by atoms with Crippen molar-refractivity contribution in [2.24, 2.45) is 5.92 Å². The summed E-state index contributed by atoms with van der Waals surface area (Å²) in [5.41, 5.74) is 0.953. The molecule has 1 aliphatic carbocycles. The Morgan fingerprint density at radius 1 is 1.41 bits per heavy atom. The summed E-state index contributed by atoms with van der Waals surface area (Å²) in [6.45, 7) is 0. The van der Waals surface area contributed by atoms with Crippen molar-refractivity contribution < 1.29 is 10.0 Å². The highest BCUT2D eigenvalue weighted by molar-refractivity contribution is 5.39. The first-order chi connectivity index (χ1) is 8.18. The van der Waals surface area contributed by atoms with Gasteiger partial charge < -0.3 is 5.11 Å². The molecular formula is C13H17NO3. The standard InChI is InChI=1S/C13H17NO3/c15-13(11-8-9-11)7-3-5-10-4-1-2-6-12(10)14(16)17/h1-2,4,6,11,13,15H,3,5,7-9H2. The van der Waals surface area contributed by atoms with Gasteiger partial charge in [0.15, 0.2) is 0 Å². The zero-order valence-corrected chi connectivity index (χ0v) is 9.71. The summed E-state index contributed by atoms with van der Waals surface area (Å²) >= 11 is 0. The number of aliphatic hydroxyl groups is 1. The van der Waals surface area contributed by atoms with E-state index in [1.165, 1.54) is 6.07 Å². The normalized spacial score (nSPS) is 16.8. The van der Waals surface area contributed by atoms with Gasteiger partial charge in [0.1, 0.15) is 0 Å². The van der Waals surface area contributed by atoms with Crippen LogP contribution in [0, 0.1) is 16.0 Å². The Balaban J connectivity index is 1.87. The van der Waals surface area contributed by atoms with Gasteiger partial charge >= 0.3 is 0 Å². The minimum Gasteiger partial charge on any atom is -0.393 e. The second-order valence-corrected chi connectivity index (χ2v) is 4.68. The molecule has 1 aliphatic rings. The molecule has 0 aliphatic heterocycles. The molecule has 0 amide bonds. The van der Waals surface area contributed by atoms with Crippen molar-refractivity contribution in [1.82, 2.24) is 0 Å². The number of hydrogen-bond donors (Lipinski definition) is 1. The summed E-state index contributed by atoms with van der Waals surface area (Å²) in [4.78, 5) is 10.5. The number of rotatable bonds is 6. The Morgan fingerprint density at radius 3 is 2.76 bits per heavy atom. The molecule has 0 bridgehead atoms. The molecule has 4 heteroatoms. The number of nitrogens with zero attached hydrogens (tertiary/aromatic N) is 1. The van der Waals surface area contributed by atoms with Crippen LogP contribution in [0.3, 0.4) is 0 Å². The predicted octanol–water partition coefficient (Wildman–Crippen LogP) is 2.69. The van der Waals surface area contributed by atoms with Crippen molar-refractivity contribution >= 4 is 5.69 Å². The fourth-order valence-corrected chi connectivity index (χ4v) is 2.12. The maximum Gasteiger partial charge on any atom is 0.272 e. The van der Waals surface area contributed by atoms with E-state index in [9.17, 15) is 15.2 Å². The molecule has 0 radical (unpaired) electrons. The molecule has 17 heavy (non-hydrogen) atoms. The molecule has 1 aromatic carbocycles. The minimum absolute atomic E-state index is 0.188. The van der Waals surface area contributed by atoms with Gasteiger partial charge in [0.05, 0.1) is 11.0 Å². The van der Waals surface area contributed by atoms with Gasteiger partial charge in [-0.25, -0.2) is 0 Å². The smallest absolute Gasteiger partial charge is 0.272 e. The molecular weight excluding hydrogens is 218 g/mol. The molecule has 92 valence electrons. The predicted molar refractivity (Wildman–Crippen MR) is 64.8 cm³/mol. The van der Waals surface area contributed by atoms with Crippen molar-refractivity contribution in [3.8, 4) is 0 Å². The molecule has 0 spiro atoms. The SMILES string of the molecule is O=[N+]([O-])c1ccccc1CCCC(O)C1CC1. The third-order valence-electron chi connectivity index (χ3n) is 3.30. The largest absolute Gasteiger partial charge is 0.393 e. The van der Waals surface area contributed by atoms with E-state index in [1.807, 2.05) is 6.07 Å². The zero-order valence-electron chi connectivity index (χ0n) is 9.71. The Morgan fingerprint density at radius 2 is 2.12 bits per heavy atom. The third-order valence-corrected chi connectivity index (χ3v) is 3.30. The van der Waals surface area contributed by atoms with Gasteiger partial charge in [0.2, 0.25) is 0 Å². The van der Waals surface area contributed by atoms with Crippen molar-refractivity contribution in [3.63, 3.8) is 0 Å². The molecule has 1 aromatic rings. The first-order valence-electron chi connectivity index (χ1n) is 6.09. The first-order valence-corrected chi connectivity index (χ1v) is 6.09. The molecule has 0 heterocycles. The number of aryl methyl sites for hydroxylation is 1. The van der Waals surface area contributed by atoms with Crippen molar-refractivity contribution in [1.29, 1.82) is 0 Å². The Labute approximate surface area is 100 Å². The van der Waals surface area contributed by atoms with Crippen LogP contribution in [0.15, 0.2) is 24.3 Å². The molecule has 1 saturated carbocycles. The molecule has 0 aromatic heterocycles. The summed E-state index contributed by atoms with van der Waals surface area (Å²) in [5, 5.41) is 20.5. The number of benzene rings is 1. The van der Waals surface area contributed by atoms with Gasteiger partial charge in [-0.05, 0) is 38.0 Å². The van der Waals surface area contributed by atoms with Crippen molar-refractivity contribution in [2.75, 3.05) is 0 Å². The molecule has 1 atom stereocenters. The van der Waals surface area contributed by atoms with E-state index in [-0.39, 0.29) is 16.7 Å². The third kappa shape index (κ3) is 3.27. The lowest BCUT2D eigenvalue weighted by Gasteiger charge is -2.08. The molecule has 1 N–H and O–H groups in total. The summed E-state index contributed by atoms with van der Waals surface area (Å²) < 4.78 is 0. The highest BCUT2D eigenvalue weighted by atomic mass is 16.6. The van der Waals surface area contributed by atoms with Crippen LogP contribution >= 0.6 is 0 Å². The fourth-order valence-electron chi connectivity index (χ4n) is 2.12. The maximum atomic E-state index is 10.8. The van der Waals surface area contributed by atoms with Gasteiger partial charge in [0, 0.05) is 11.6 Å². The zero-order chi connectivity index (χ0) is 12.3. The van der Waals surface area contributed by atoms with E-state index in [1.54, 1.807) is 12.1 Å². The summed E-state index contributed by atoms with van der Waals surface area (Å²) in [6.07, 6.45) is 4.28. The number of nitro groups is 1. The summed E-state index contributed by atoms with van der Waals surface area (Å²) in [7, 11) is 0. The summed E-state index contributed by atoms with van der Waals surface area (Å²) in [5.74, 6) is 0.487. The van der Waals surface area contributed by atoms with Crippen LogP contribution in [0.2, 0.25) is 0 Å². The van der Waals surface area contributed by atoms with Crippen LogP contribution in [0.1, 0.15) is 31.2 Å². The van der Waals surface area contributed by atoms with E-state index in [0.29, 0.717) is 12.3 Å². The quantitative estimate of drug-likeness (QED) is 0.609. The number of hydrogen-bond acceptors (Lipinski definition) is 3. The molecule has 1 fully saturated rings. The van der Waals surface area contributed by atoms with E-state index < -0.39 is 0 Å². The van der Waals surface area contributed by atoms with Crippen LogP contribution in [-0.2, 0) is 6.42 Å². The first kappa shape index (κ1) is 12.0. The topological polar surface area (TPSA) is 63.4 Å². The molecule has 0 saturated heterocycles.